The predicted molar refractivity (Wildman–Crippen MR) is 154 cm³/mol. The monoisotopic (exact) mass is 494 g/mol. The van der Waals surface area contributed by atoms with Crippen LogP contribution in [0.3, 0.4) is 0 Å². The molecule has 2 nitrogen and oxygen atoms in total. The fourth-order valence-corrected chi connectivity index (χ4v) is 7.55. The first-order valence-corrected chi connectivity index (χ1v) is 13.6. The van der Waals surface area contributed by atoms with Crippen molar-refractivity contribution in [3.63, 3.8) is 0 Å². The first-order valence-electron chi connectivity index (χ1n) is 11.9. The Balaban J connectivity index is 1.44. The average Bonchev–Trinajstić information content (AvgIpc) is 3.57. The van der Waals surface area contributed by atoms with Crippen LogP contribution in [0.15, 0.2) is 109 Å². The largest absolute Gasteiger partial charge is 0.236 e. The van der Waals surface area contributed by atoms with Crippen LogP contribution in [0.2, 0.25) is 0 Å². The van der Waals surface area contributed by atoms with Crippen LogP contribution in [0, 0.1) is 0 Å². The molecule has 0 unspecified atom stereocenters. The Kier molecular flexibility index (Phi) is 4.30. The van der Waals surface area contributed by atoms with Gasteiger partial charge < -0.3 is 0 Å². The minimum atomic E-state index is 0.771. The highest BCUT2D eigenvalue weighted by Gasteiger charge is 2.24. The number of aromatic nitrogens is 2. The smallest absolute Gasteiger partial charge is 0.161 e. The van der Waals surface area contributed by atoms with E-state index in [0.29, 0.717) is 0 Å². The molecule has 36 heavy (non-hydrogen) atoms. The molecule has 0 bridgehead atoms. The maximum Gasteiger partial charge on any atom is 0.161 e. The van der Waals surface area contributed by atoms with Crippen molar-refractivity contribution >= 4 is 42.8 Å². The van der Waals surface area contributed by atoms with Crippen molar-refractivity contribution in [2.45, 2.75) is 0 Å². The second-order valence-electron chi connectivity index (χ2n) is 8.99. The highest BCUT2D eigenvalue weighted by Crippen LogP contribution is 2.49. The third-order valence-electron chi connectivity index (χ3n) is 7.03. The summed E-state index contributed by atoms with van der Waals surface area (Å²) in [7, 11) is 0. The molecule has 4 heteroatoms. The minimum Gasteiger partial charge on any atom is -0.236 e. The van der Waals surface area contributed by atoms with Crippen LogP contribution >= 0.6 is 22.7 Å². The van der Waals surface area contributed by atoms with Crippen LogP contribution in [0.1, 0.15) is 0 Å². The summed E-state index contributed by atoms with van der Waals surface area (Å²) in [4.78, 5) is 11.5. The van der Waals surface area contributed by atoms with Gasteiger partial charge in [-0.25, -0.2) is 9.97 Å². The molecule has 0 N–H and O–H groups in total. The van der Waals surface area contributed by atoms with Crippen LogP contribution in [0.5, 0.6) is 0 Å². The van der Waals surface area contributed by atoms with Gasteiger partial charge in [0.15, 0.2) is 5.82 Å². The lowest BCUT2D eigenvalue weighted by atomic mass is 9.86. The second kappa shape index (κ2) is 7.69. The molecule has 1 aliphatic carbocycles. The highest BCUT2D eigenvalue weighted by molar-refractivity contribution is 7.26. The van der Waals surface area contributed by atoms with E-state index in [2.05, 4.69) is 102 Å². The predicted octanol–water partition coefficient (Wildman–Crippen LogP) is 9.55. The van der Waals surface area contributed by atoms with E-state index in [1.54, 1.807) is 11.3 Å². The number of fused-ring (bicyclic) bond motifs is 11. The highest BCUT2D eigenvalue weighted by atomic mass is 32.1. The zero-order valence-corrected chi connectivity index (χ0v) is 20.7. The lowest BCUT2D eigenvalue weighted by molar-refractivity contribution is 1.19. The lowest BCUT2D eigenvalue weighted by Gasteiger charge is -2.20. The molecule has 0 fully saturated rings. The van der Waals surface area contributed by atoms with Gasteiger partial charge in [0.1, 0.15) is 0 Å². The average molecular weight is 495 g/mol. The van der Waals surface area contributed by atoms with Crippen LogP contribution in [0.4, 0.5) is 0 Å². The molecule has 0 spiro atoms. The summed E-state index contributed by atoms with van der Waals surface area (Å²) >= 11 is 3.57. The molecular formula is C32H18N2S2. The second-order valence-corrected chi connectivity index (χ2v) is 11.0. The fraction of sp³-hybridized carbons (Fsp3) is 0. The van der Waals surface area contributed by atoms with E-state index >= 15 is 0 Å². The SMILES string of the molecule is c1ccc2c(c1)-c1ccccc1-c1nc(-c3cccc4c3sc3ccccc34)ncc1-c1sccc1-2. The molecule has 0 aliphatic heterocycles. The van der Waals surface area contributed by atoms with Crippen LogP contribution < -0.4 is 0 Å². The van der Waals surface area contributed by atoms with Crippen LogP contribution in [-0.4, -0.2) is 9.97 Å². The van der Waals surface area contributed by atoms with Gasteiger partial charge in [-0.05, 0) is 40.3 Å². The third kappa shape index (κ3) is 2.83. The van der Waals surface area contributed by atoms with E-state index in [-0.39, 0.29) is 0 Å². The topological polar surface area (TPSA) is 25.8 Å². The molecular weight excluding hydrogens is 477 g/mol. The molecule has 7 aromatic rings. The van der Waals surface area contributed by atoms with Gasteiger partial charge in [-0.2, -0.15) is 0 Å². The summed E-state index contributed by atoms with van der Waals surface area (Å²) in [5, 5.41) is 4.72. The molecule has 0 amide bonds. The van der Waals surface area contributed by atoms with E-state index in [9.17, 15) is 0 Å². The van der Waals surface area contributed by atoms with E-state index in [1.165, 1.54) is 47.3 Å². The number of hydrogen-bond donors (Lipinski definition) is 0. The molecule has 1 aliphatic rings. The van der Waals surface area contributed by atoms with Gasteiger partial charge in [0.2, 0.25) is 0 Å². The fourth-order valence-electron chi connectivity index (χ4n) is 5.41. The van der Waals surface area contributed by atoms with Gasteiger partial charge in [0, 0.05) is 53.5 Å². The zero-order valence-electron chi connectivity index (χ0n) is 19.1. The Bertz CT molecular complexity index is 1960. The van der Waals surface area contributed by atoms with Crippen molar-refractivity contribution < 1.29 is 0 Å². The summed E-state index contributed by atoms with van der Waals surface area (Å²) in [6.07, 6.45) is 2.03. The van der Waals surface area contributed by atoms with Crippen LogP contribution in [0.25, 0.3) is 75.5 Å². The number of thiophene rings is 2. The van der Waals surface area contributed by atoms with Crippen molar-refractivity contribution in [2.75, 3.05) is 0 Å². The molecule has 4 aromatic carbocycles. The molecule has 3 aromatic heterocycles. The van der Waals surface area contributed by atoms with Gasteiger partial charge in [0.05, 0.1) is 5.69 Å². The standard InChI is InChI=1S/C32H18N2S2/c1-2-10-21-19(8-1)20-9-3-4-12-23(20)29-27(30-25(21)16-17-35-30)18-33-32(34-29)26-14-7-13-24-22-11-5-6-15-28(22)36-31(24)26/h1-18H. The van der Waals surface area contributed by atoms with E-state index < -0.39 is 0 Å². The Morgan fingerprint density at radius 2 is 1.19 bits per heavy atom. The third-order valence-corrected chi connectivity index (χ3v) is 9.20. The molecule has 8 rings (SSSR count). The molecule has 3 heterocycles. The van der Waals surface area contributed by atoms with Gasteiger partial charge in [0.25, 0.3) is 0 Å². The Morgan fingerprint density at radius 1 is 0.528 bits per heavy atom. The number of benzene rings is 4. The Labute approximate surface area is 216 Å². The van der Waals surface area contributed by atoms with Gasteiger partial charge in [-0.15, -0.1) is 22.7 Å². The van der Waals surface area contributed by atoms with E-state index in [4.69, 9.17) is 9.97 Å². The van der Waals surface area contributed by atoms with Gasteiger partial charge >= 0.3 is 0 Å². The van der Waals surface area contributed by atoms with Gasteiger partial charge in [-0.1, -0.05) is 78.9 Å². The summed E-state index contributed by atoms with van der Waals surface area (Å²) in [5.41, 5.74) is 9.26. The van der Waals surface area contributed by atoms with Crippen molar-refractivity contribution in [1.29, 1.82) is 0 Å². The van der Waals surface area contributed by atoms with E-state index in [0.717, 1.165) is 28.2 Å². The lowest BCUT2D eigenvalue weighted by Crippen LogP contribution is -2.00. The maximum absolute atomic E-state index is 5.30. The van der Waals surface area contributed by atoms with Crippen molar-refractivity contribution in [2.24, 2.45) is 0 Å². The van der Waals surface area contributed by atoms with E-state index in [1.807, 2.05) is 17.5 Å². The first-order chi connectivity index (χ1) is 17.9. The van der Waals surface area contributed by atoms with Crippen molar-refractivity contribution in [3.8, 4) is 55.3 Å². The molecule has 0 atom stereocenters. The number of hydrogen-bond acceptors (Lipinski definition) is 4. The Morgan fingerprint density at radius 3 is 2.06 bits per heavy atom. The number of nitrogens with zero attached hydrogens (tertiary/aromatic N) is 2. The summed E-state index contributed by atoms with van der Waals surface area (Å²) in [5.74, 6) is 0.771. The van der Waals surface area contributed by atoms with Crippen LogP contribution in [-0.2, 0) is 0 Å². The quantitative estimate of drug-likeness (QED) is 0.227. The molecule has 0 saturated carbocycles. The summed E-state index contributed by atoms with van der Waals surface area (Å²) in [6.45, 7) is 0. The molecule has 168 valence electrons. The minimum absolute atomic E-state index is 0.771. The maximum atomic E-state index is 5.30. The van der Waals surface area contributed by atoms with Crippen molar-refractivity contribution in [3.05, 3.63) is 109 Å². The van der Waals surface area contributed by atoms with Crippen molar-refractivity contribution in [1.82, 2.24) is 9.97 Å². The van der Waals surface area contributed by atoms with Gasteiger partial charge in [-0.3, -0.25) is 0 Å². The normalized spacial score (nSPS) is 11.9. The molecule has 0 radical (unpaired) electrons. The number of rotatable bonds is 1. The summed E-state index contributed by atoms with van der Waals surface area (Å²) < 4.78 is 2.52. The first kappa shape index (κ1) is 20.1. The Hall–Kier alpha value is -4.12. The summed E-state index contributed by atoms with van der Waals surface area (Å²) in [6, 6.07) is 34.6. The zero-order chi connectivity index (χ0) is 23.6. The molecule has 0 saturated heterocycles.